The van der Waals surface area contributed by atoms with Crippen LogP contribution in [-0.4, -0.2) is 5.78 Å². The van der Waals surface area contributed by atoms with Gasteiger partial charge in [0.1, 0.15) is 5.78 Å². The summed E-state index contributed by atoms with van der Waals surface area (Å²) < 4.78 is 0. The molecule has 0 spiro atoms. The minimum absolute atomic E-state index is 0.106. The van der Waals surface area contributed by atoms with Crippen LogP contribution >= 0.6 is 0 Å². The second kappa shape index (κ2) is 4.31. The van der Waals surface area contributed by atoms with Gasteiger partial charge in [0, 0.05) is 18.8 Å². The summed E-state index contributed by atoms with van der Waals surface area (Å²) in [5.41, 5.74) is 2.55. The molecule has 1 aromatic carbocycles. The first-order chi connectivity index (χ1) is 7.33. The number of carbonyl (C=O) groups excluding carboxylic acids is 1. The predicted octanol–water partition coefficient (Wildman–Crippen LogP) is 2.70. The molecular weight excluding hydrogens is 184 g/mol. The van der Waals surface area contributed by atoms with Crippen LogP contribution in [0.2, 0.25) is 0 Å². The smallest absolute Gasteiger partial charge is 0.141 e. The zero-order valence-corrected chi connectivity index (χ0v) is 8.70. The molecule has 0 amide bonds. The molecule has 2 rings (SSSR count). The Kier molecular flexibility index (Phi) is 2.87. The lowest BCUT2D eigenvalue weighted by molar-refractivity contribution is -0.120. The molecule has 0 saturated heterocycles. The van der Waals surface area contributed by atoms with Gasteiger partial charge in [-0.05, 0) is 24.0 Å². The molecule has 1 aliphatic rings. The number of ketones is 1. The lowest BCUT2D eigenvalue weighted by Crippen LogP contribution is -2.08. The molecule has 0 aliphatic heterocycles. The zero-order chi connectivity index (χ0) is 10.7. The Hall–Kier alpha value is -1.55. The maximum absolute atomic E-state index is 11.9. The van der Waals surface area contributed by atoms with E-state index in [9.17, 15) is 4.79 Å². The second-order valence-electron chi connectivity index (χ2n) is 3.96. The lowest BCUT2D eigenvalue weighted by Gasteiger charge is -2.08. The standard InChI is InChI=1S/C14H14O/c1-2-3-8-14(15)13-10-9-11-6-4-5-7-12(11)13/h1,4-7,13H,3,8-10H2. The first kappa shape index (κ1) is 9.98. The number of Topliss-reactive ketones (excluding diaryl/α,β-unsaturated/α-hetero) is 1. The van der Waals surface area contributed by atoms with Gasteiger partial charge in [-0.1, -0.05) is 24.3 Å². The summed E-state index contributed by atoms with van der Waals surface area (Å²) in [6.45, 7) is 0. The SMILES string of the molecule is C#CCCC(=O)C1CCc2ccccc21. The van der Waals surface area contributed by atoms with E-state index in [0.29, 0.717) is 18.6 Å². The number of hydrogen-bond acceptors (Lipinski definition) is 1. The van der Waals surface area contributed by atoms with Gasteiger partial charge < -0.3 is 0 Å². The van der Waals surface area contributed by atoms with Crippen molar-refractivity contribution in [2.45, 2.75) is 31.6 Å². The van der Waals surface area contributed by atoms with Crippen molar-refractivity contribution in [3.63, 3.8) is 0 Å². The Balaban J connectivity index is 2.14. The van der Waals surface area contributed by atoms with Gasteiger partial charge in [0.2, 0.25) is 0 Å². The fraction of sp³-hybridized carbons (Fsp3) is 0.357. The van der Waals surface area contributed by atoms with Crippen LogP contribution in [-0.2, 0) is 11.2 Å². The third kappa shape index (κ3) is 1.94. The van der Waals surface area contributed by atoms with Crippen molar-refractivity contribution in [1.82, 2.24) is 0 Å². The van der Waals surface area contributed by atoms with Crippen LogP contribution in [0.3, 0.4) is 0 Å². The summed E-state index contributed by atoms with van der Waals surface area (Å²) >= 11 is 0. The van der Waals surface area contributed by atoms with Crippen molar-refractivity contribution in [3.05, 3.63) is 35.4 Å². The molecule has 1 aliphatic carbocycles. The van der Waals surface area contributed by atoms with E-state index in [1.54, 1.807) is 0 Å². The normalized spacial score (nSPS) is 18.2. The molecule has 76 valence electrons. The molecule has 0 saturated carbocycles. The molecule has 0 aromatic heterocycles. The first-order valence-corrected chi connectivity index (χ1v) is 5.37. The number of hydrogen-bond donors (Lipinski definition) is 0. The van der Waals surface area contributed by atoms with Crippen LogP contribution in [0.4, 0.5) is 0 Å². The average molecular weight is 198 g/mol. The van der Waals surface area contributed by atoms with Crippen molar-refractivity contribution in [2.24, 2.45) is 0 Å². The first-order valence-electron chi connectivity index (χ1n) is 5.37. The topological polar surface area (TPSA) is 17.1 Å². The summed E-state index contributed by atoms with van der Waals surface area (Å²) in [6.07, 6.45) is 8.25. The minimum atomic E-state index is 0.106. The minimum Gasteiger partial charge on any atom is -0.299 e. The third-order valence-corrected chi connectivity index (χ3v) is 3.04. The Morgan fingerprint density at radius 1 is 1.47 bits per heavy atom. The summed E-state index contributed by atoms with van der Waals surface area (Å²) in [7, 11) is 0. The summed E-state index contributed by atoms with van der Waals surface area (Å²) in [4.78, 5) is 11.9. The molecule has 1 heteroatoms. The molecule has 0 fully saturated rings. The molecule has 0 heterocycles. The van der Waals surface area contributed by atoms with Crippen LogP contribution < -0.4 is 0 Å². The van der Waals surface area contributed by atoms with Crippen LogP contribution in [0, 0.1) is 12.3 Å². The Bertz CT molecular complexity index is 412. The third-order valence-electron chi connectivity index (χ3n) is 3.04. The highest BCUT2D eigenvalue weighted by Crippen LogP contribution is 2.34. The van der Waals surface area contributed by atoms with E-state index >= 15 is 0 Å². The van der Waals surface area contributed by atoms with Gasteiger partial charge in [-0.3, -0.25) is 4.79 Å². The highest BCUT2D eigenvalue weighted by atomic mass is 16.1. The second-order valence-corrected chi connectivity index (χ2v) is 3.96. The van der Waals surface area contributed by atoms with E-state index in [4.69, 9.17) is 6.42 Å². The molecule has 1 aromatic rings. The molecule has 0 N–H and O–H groups in total. The predicted molar refractivity (Wildman–Crippen MR) is 60.6 cm³/mol. The van der Waals surface area contributed by atoms with E-state index in [1.807, 2.05) is 12.1 Å². The Labute approximate surface area is 90.5 Å². The quantitative estimate of drug-likeness (QED) is 0.682. The maximum Gasteiger partial charge on any atom is 0.141 e. The van der Waals surface area contributed by atoms with E-state index < -0.39 is 0 Å². The van der Waals surface area contributed by atoms with Crippen LogP contribution in [0.15, 0.2) is 24.3 Å². The average Bonchev–Trinajstić information content (AvgIpc) is 2.69. The van der Waals surface area contributed by atoms with Gasteiger partial charge in [-0.25, -0.2) is 0 Å². The molecule has 1 nitrogen and oxygen atoms in total. The van der Waals surface area contributed by atoms with E-state index in [0.717, 1.165) is 12.8 Å². The fourth-order valence-corrected chi connectivity index (χ4v) is 2.26. The van der Waals surface area contributed by atoms with Crippen LogP contribution in [0.5, 0.6) is 0 Å². The van der Waals surface area contributed by atoms with Crippen molar-refractivity contribution < 1.29 is 4.79 Å². The van der Waals surface area contributed by atoms with E-state index in [2.05, 4.69) is 18.1 Å². The summed E-state index contributed by atoms with van der Waals surface area (Å²) in [5, 5.41) is 0. The maximum atomic E-state index is 11.9. The largest absolute Gasteiger partial charge is 0.299 e. The summed E-state index contributed by atoms with van der Waals surface area (Å²) in [6, 6.07) is 8.23. The number of terminal acetylenes is 1. The molecule has 0 radical (unpaired) electrons. The number of fused-ring (bicyclic) bond motifs is 1. The number of aryl methyl sites for hydroxylation is 1. The fourth-order valence-electron chi connectivity index (χ4n) is 2.26. The number of benzene rings is 1. The number of carbonyl (C=O) groups is 1. The van der Waals surface area contributed by atoms with E-state index in [1.165, 1.54) is 11.1 Å². The van der Waals surface area contributed by atoms with Gasteiger partial charge in [-0.2, -0.15) is 0 Å². The molecule has 15 heavy (non-hydrogen) atoms. The van der Waals surface area contributed by atoms with Crippen molar-refractivity contribution in [3.8, 4) is 12.3 Å². The zero-order valence-electron chi connectivity index (χ0n) is 8.70. The van der Waals surface area contributed by atoms with Crippen molar-refractivity contribution in [2.75, 3.05) is 0 Å². The van der Waals surface area contributed by atoms with Crippen molar-refractivity contribution in [1.29, 1.82) is 0 Å². The van der Waals surface area contributed by atoms with E-state index in [-0.39, 0.29) is 5.92 Å². The van der Waals surface area contributed by atoms with Gasteiger partial charge in [0.15, 0.2) is 0 Å². The Morgan fingerprint density at radius 2 is 2.27 bits per heavy atom. The molecule has 0 bridgehead atoms. The van der Waals surface area contributed by atoms with Crippen LogP contribution in [0.25, 0.3) is 0 Å². The van der Waals surface area contributed by atoms with Gasteiger partial charge in [0.05, 0.1) is 0 Å². The monoisotopic (exact) mass is 198 g/mol. The highest BCUT2D eigenvalue weighted by Gasteiger charge is 2.27. The number of rotatable bonds is 3. The summed E-state index contributed by atoms with van der Waals surface area (Å²) in [5.74, 6) is 2.93. The molecule has 1 atom stereocenters. The molecule has 1 unspecified atom stereocenters. The van der Waals surface area contributed by atoms with Crippen molar-refractivity contribution >= 4 is 5.78 Å². The van der Waals surface area contributed by atoms with Crippen LogP contribution in [0.1, 0.15) is 36.3 Å². The Morgan fingerprint density at radius 3 is 3.07 bits per heavy atom. The van der Waals surface area contributed by atoms with Gasteiger partial charge >= 0.3 is 0 Å². The molecular formula is C14H14O. The lowest BCUT2D eigenvalue weighted by atomic mass is 9.94. The van der Waals surface area contributed by atoms with Gasteiger partial charge in [-0.15, -0.1) is 12.3 Å². The highest BCUT2D eigenvalue weighted by molar-refractivity contribution is 5.87. The van der Waals surface area contributed by atoms with Gasteiger partial charge in [0.25, 0.3) is 0 Å².